The standard InChI is InChI=1S/C12H20N2O4/c1-4-12(5-2,17-3)11-13-9(18-14-11)7-6-8-10(15)16/h4-8H2,1-3H3,(H,15,16). The number of aryl methyl sites for hydroxylation is 1. The highest BCUT2D eigenvalue weighted by Gasteiger charge is 2.33. The number of rotatable bonds is 8. The van der Waals surface area contributed by atoms with E-state index in [1.165, 1.54) is 0 Å². The van der Waals surface area contributed by atoms with Crippen LogP contribution in [0.3, 0.4) is 0 Å². The van der Waals surface area contributed by atoms with E-state index in [9.17, 15) is 4.79 Å². The second kappa shape index (κ2) is 6.49. The molecule has 0 saturated heterocycles. The van der Waals surface area contributed by atoms with Gasteiger partial charge in [0.1, 0.15) is 5.60 Å². The fraction of sp³-hybridized carbons (Fsp3) is 0.750. The third-order valence-corrected chi connectivity index (χ3v) is 3.19. The van der Waals surface area contributed by atoms with Gasteiger partial charge in [0.25, 0.3) is 0 Å². The van der Waals surface area contributed by atoms with Gasteiger partial charge < -0.3 is 14.4 Å². The Bertz CT molecular complexity index is 377. The summed E-state index contributed by atoms with van der Waals surface area (Å²) in [6, 6.07) is 0. The third-order valence-electron chi connectivity index (χ3n) is 3.19. The van der Waals surface area contributed by atoms with E-state index in [1.54, 1.807) is 7.11 Å². The van der Waals surface area contributed by atoms with Gasteiger partial charge in [-0.15, -0.1) is 0 Å². The zero-order valence-corrected chi connectivity index (χ0v) is 11.1. The Morgan fingerprint density at radius 2 is 2.11 bits per heavy atom. The van der Waals surface area contributed by atoms with Crippen molar-refractivity contribution in [3.8, 4) is 0 Å². The number of aliphatic carboxylic acids is 1. The first kappa shape index (κ1) is 14.6. The van der Waals surface area contributed by atoms with Gasteiger partial charge in [-0.25, -0.2) is 0 Å². The summed E-state index contributed by atoms with van der Waals surface area (Å²) < 4.78 is 10.6. The Balaban J connectivity index is 2.69. The molecule has 1 N–H and O–H groups in total. The molecule has 0 radical (unpaired) electrons. The summed E-state index contributed by atoms with van der Waals surface area (Å²) in [7, 11) is 1.63. The molecule has 0 unspecified atom stereocenters. The van der Waals surface area contributed by atoms with Crippen LogP contribution in [0.5, 0.6) is 0 Å². The van der Waals surface area contributed by atoms with Crippen LogP contribution < -0.4 is 0 Å². The molecule has 0 aromatic carbocycles. The zero-order chi connectivity index (χ0) is 13.6. The van der Waals surface area contributed by atoms with Gasteiger partial charge in [0.15, 0.2) is 0 Å². The van der Waals surface area contributed by atoms with Crippen LogP contribution in [0, 0.1) is 0 Å². The summed E-state index contributed by atoms with van der Waals surface area (Å²) in [5.41, 5.74) is -0.505. The third kappa shape index (κ3) is 3.29. The van der Waals surface area contributed by atoms with Crippen LogP contribution >= 0.6 is 0 Å². The van der Waals surface area contributed by atoms with E-state index in [2.05, 4.69) is 10.1 Å². The van der Waals surface area contributed by atoms with Crippen molar-refractivity contribution in [1.82, 2.24) is 10.1 Å². The number of carboxylic acids is 1. The lowest BCUT2D eigenvalue weighted by Gasteiger charge is -2.25. The monoisotopic (exact) mass is 256 g/mol. The number of carbonyl (C=O) groups is 1. The smallest absolute Gasteiger partial charge is 0.303 e. The molecule has 6 nitrogen and oxygen atoms in total. The van der Waals surface area contributed by atoms with E-state index < -0.39 is 11.6 Å². The van der Waals surface area contributed by atoms with Gasteiger partial charge in [0.05, 0.1) is 0 Å². The quantitative estimate of drug-likeness (QED) is 0.767. The van der Waals surface area contributed by atoms with Gasteiger partial charge in [-0.3, -0.25) is 4.79 Å². The largest absolute Gasteiger partial charge is 0.481 e. The molecule has 6 heteroatoms. The molecule has 0 fully saturated rings. The topological polar surface area (TPSA) is 85.5 Å². The van der Waals surface area contributed by atoms with E-state index in [0.29, 0.717) is 24.6 Å². The predicted molar refractivity (Wildman–Crippen MR) is 64.1 cm³/mol. The number of ether oxygens (including phenoxy) is 1. The molecule has 0 aliphatic carbocycles. The van der Waals surface area contributed by atoms with Crippen molar-refractivity contribution in [2.45, 2.75) is 51.6 Å². The minimum absolute atomic E-state index is 0.106. The van der Waals surface area contributed by atoms with Crippen molar-refractivity contribution >= 4 is 5.97 Å². The minimum atomic E-state index is -0.817. The number of carboxylic acid groups (broad SMARTS) is 1. The van der Waals surface area contributed by atoms with Crippen LogP contribution in [0.2, 0.25) is 0 Å². The normalized spacial score (nSPS) is 11.7. The molecule has 1 heterocycles. The molecule has 0 amide bonds. The van der Waals surface area contributed by atoms with E-state index in [0.717, 1.165) is 12.8 Å². The molecule has 0 aliphatic heterocycles. The number of aromatic nitrogens is 2. The Kier molecular flexibility index (Phi) is 5.27. The fourth-order valence-electron chi connectivity index (χ4n) is 1.88. The minimum Gasteiger partial charge on any atom is -0.481 e. The zero-order valence-electron chi connectivity index (χ0n) is 11.1. The second-order valence-electron chi connectivity index (χ2n) is 4.16. The molecule has 0 saturated carbocycles. The first-order valence-electron chi connectivity index (χ1n) is 6.18. The fourth-order valence-corrected chi connectivity index (χ4v) is 1.88. The molecular weight excluding hydrogens is 236 g/mol. The number of hydrogen-bond acceptors (Lipinski definition) is 5. The predicted octanol–water partition coefficient (Wildman–Crippen LogP) is 2.14. The van der Waals surface area contributed by atoms with Crippen molar-refractivity contribution < 1.29 is 19.2 Å². The number of methoxy groups -OCH3 is 1. The Hall–Kier alpha value is -1.43. The number of hydrogen-bond donors (Lipinski definition) is 1. The molecule has 0 spiro atoms. The Morgan fingerprint density at radius 1 is 1.44 bits per heavy atom. The van der Waals surface area contributed by atoms with Crippen molar-refractivity contribution in [2.75, 3.05) is 7.11 Å². The molecule has 0 bridgehead atoms. The highest BCUT2D eigenvalue weighted by molar-refractivity contribution is 5.66. The maximum Gasteiger partial charge on any atom is 0.303 e. The summed E-state index contributed by atoms with van der Waals surface area (Å²) in [6.07, 6.45) is 2.60. The maximum atomic E-state index is 10.4. The molecule has 1 rings (SSSR count). The van der Waals surface area contributed by atoms with Crippen molar-refractivity contribution in [3.05, 3.63) is 11.7 Å². The van der Waals surface area contributed by atoms with Crippen LogP contribution in [-0.4, -0.2) is 28.3 Å². The molecule has 0 aliphatic rings. The van der Waals surface area contributed by atoms with E-state index in [-0.39, 0.29) is 6.42 Å². The van der Waals surface area contributed by atoms with Gasteiger partial charge in [0, 0.05) is 20.0 Å². The van der Waals surface area contributed by atoms with Crippen molar-refractivity contribution in [2.24, 2.45) is 0 Å². The van der Waals surface area contributed by atoms with Crippen molar-refractivity contribution in [1.29, 1.82) is 0 Å². The lowest BCUT2D eigenvalue weighted by Crippen LogP contribution is -2.28. The Labute approximate surface area is 106 Å². The van der Waals surface area contributed by atoms with Gasteiger partial charge in [-0.1, -0.05) is 19.0 Å². The summed E-state index contributed by atoms with van der Waals surface area (Å²) in [6.45, 7) is 4.01. The van der Waals surface area contributed by atoms with Crippen LogP contribution in [0.4, 0.5) is 0 Å². The molecule has 102 valence electrons. The molecule has 1 aromatic heterocycles. The van der Waals surface area contributed by atoms with Crippen LogP contribution in [0.1, 0.15) is 51.2 Å². The van der Waals surface area contributed by atoms with E-state index >= 15 is 0 Å². The summed E-state index contributed by atoms with van der Waals surface area (Å²) >= 11 is 0. The highest BCUT2D eigenvalue weighted by Crippen LogP contribution is 2.30. The van der Waals surface area contributed by atoms with Crippen molar-refractivity contribution in [3.63, 3.8) is 0 Å². The summed E-state index contributed by atoms with van der Waals surface area (Å²) in [4.78, 5) is 14.7. The highest BCUT2D eigenvalue weighted by atomic mass is 16.5. The average molecular weight is 256 g/mol. The number of nitrogens with zero attached hydrogens (tertiary/aromatic N) is 2. The molecule has 0 atom stereocenters. The second-order valence-corrected chi connectivity index (χ2v) is 4.16. The lowest BCUT2D eigenvalue weighted by molar-refractivity contribution is -0.137. The van der Waals surface area contributed by atoms with E-state index in [1.807, 2.05) is 13.8 Å². The van der Waals surface area contributed by atoms with Gasteiger partial charge in [-0.05, 0) is 19.3 Å². The van der Waals surface area contributed by atoms with Gasteiger partial charge >= 0.3 is 5.97 Å². The van der Waals surface area contributed by atoms with E-state index in [4.69, 9.17) is 14.4 Å². The SMILES string of the molecule is CCC(CC)(OC)c1noc(CCCC(=O)O)n1. The van der Waals surface area contributed by atoms with Crippen LogP contribution in [0.25, 0.3) is 0 Å². The summed E-state index contributed by atoms with van der Waals surface area (Å²) in [5.74, 6) is 0.193. The Morgan fingerprint density at radius 3 is 2.61 bits per heavy atom. The lowest BCUT2D eigenvalue weighted by atomic mass is 9.96. The molecule has 1 aromatic rings. The average Bonchev–Trinajstić information content (AvgIpc) is 2.81. The van der Waals surface area contributed by atoms with Gasteiger partial charge in [-0.2, -0.15) is 4.98 Å². The first-order chi connectivity index (χ1) is 8.57. The molecule has 18 heavy (non-hydrogen) atoms. The molecular formula is C12H20N2O4. The summed E-state index contributed by atoms with van der Waals surface area (Å²) in [5, 5.41) is 12.5. The van der Waals surface area contributed by atoms with Crippen LogP contribution in [-0.2, 0) is 21.6 Å². The van der Waals surface area contributed by atoms with Gasteiger partial charge in [0.2, 0.25) is 11.7 Å². The maximum absolute atomic E-state index is 10.4. The first-order valence-corrected chi connectivity index (χ1v) is 6.18. The van der Waals surface area contributed by atoms with Crippen LogP contribution in [0.15, 0.2) is 4.52 Å².